The van der Waals surface area contributed by atoms with E-state index in [0.717, 1.165) is 102 Å². The van der Waals surface area contributed by atoms with E-state index >= 15 is 0 Å². The number of carbonyl (C=O) groups excluding carboxylic acids is 4. The molecule has 0 aliphatic heterocycles. The van der Waals surface area contributed by atoms with E-state index in [0.29, 0.717) is 25.7 Å². The molecule has 0 bridgehead atoms. The Morgan fingerprint density at radius 3 is 0.800 bits per heavy atom. The second kappa shape index (κ2) is 67.9. The van der Waals surface area contributed by atoms with Crippen molar-refractivity contribution in [1.29, 1.82) is 0 Å². The Bertz CT molecular complexity index is 1840. The molecule has 3 N–H and O–H groups in total. The molecule has 0 radical (unpaired) electrons. The molecular weight excluding hydrogens is 1250 g/mol. The van der Waals surface area contributed by atoms with E-state index in [1.165, 1.54) is 212 Å². The fourth-order valence-corrected chi connectivity index (χ4v) is 13.2. The highest BCUT2D eigenvalue weighted by atomic mass is 31.2. The van der Waals surface area contributed by atoms with Crippen molar-refractivity contribution in [2.24, 2.45) is 11.8 Å². The van der Waals surface area contributed by atoms with Crippen LogP contribution in [0.15, 0.2) is 0 Å². The Kier molecular flexibility index (Phi) is 66.5. The average molecular weight is 1400 g/mol. The summed E-state index contributed by atoms with van der Waals surface area (Å²) in [6, 6.07) is 0. The van der Waals surface area contributed by atoms with Crippen molar-refractivity contribution in [2.45, 2.75) is 413 Å². The summed E-state index contributed by atoms with van der Waals surface area (Å²) in [6.07, 6.45) is 55.5. The number of ether oxygens (including phenoxy) is 4. The maximum Gasteiger partial charge on any atom is 0.472 e. The summed E-state index contributed by atoms with van der Waals surface area (Å²) in [4.78, 5) is 72.7. The zero-order valence-electron chi connectivity index (χ0n) is 62.0. The quantitative estimate of drug-likeness (QED) is 0.0222. The molecule has 0 aliphatic carbocycles. The smallest absolute Gasteiger partial charge is 0.462 e. The first-order valence-electron chi connectivity index (χ1n) is 39.5. The first-order valence-corrected chi connectivity index (χ1v) is 42.5. The fraction of sp³-hybridized carbons (Fsp3) is 0.947. The van der Waals surface area contributed by atoms with E-state index in [2.05, 4.69) is 41.5 Å². The van der Waals surface area contributed by atoms with Crippen molar-refractivity contribution in [1.82, 2.24) is 0 Å². The summed E-state index contributed by atoms with van der Waals surface area (Å²) in [6.45, 7) is 9.64. The minimum absolute atomic E-state index is 0.106. The zero-order valence-corrected chi connectivity index (χ0v) is 63.8. The van der Waals surface area contributed by atoms with Crippen molar-refractivity contribution in [3.63, 3.8) is 0 Å². The van der Waals surface area contributed by atoms with Crippen molar-refractivity contribution in [3.05, 3.63) is 0 Å². The van der Waals surface area contributed by atoms with Crippen LogP contribution < -0.4 is 0 Å². The number of rotatable bonds is 75. The Morgan fingerprint density at radius 1 is 0.305 bits per heavy atom. The minimum atomic E-state index is -4.96. The number of unbranched alkanes of at least 4 members (excludes halogenated alkanes) is 44. The predicted molar refractivity (Wildman–Crippen MR) is 386 cm³/mol. The van der Waals surface area contributed by atoms with Gasteiger partial charge in [0.2, 0.25) is 0 Å². The third-order valence-electron chi connectivity index (χ3n) is 18.1. The molecule has 95 heavy (non-hydrogen) atoms. The summed E-state index contributed by atoms with van der Waals surface area (Å²) in [7, 11) is -9.90. The van der Waals surface area contributed by atoms with Crippen molar-refractivity contribution in [3.8, 4) is 0 Å². The molecule has 3 unspecified atom stereocenters. The lowest BCUT2D eigenvalue weighted by Gasteiger charge is -2.21. The van der Waals surface area contributed by atoms with Crippen LogP contribution in [-0.4, -0.2) is 96.7 Å². The number of esters is 4. The monoisotopic (exact) mass is 1400 g/mol. The van der Waals surface area contributed by atoms with Crippen molar-refractivity contribution in [2.75, 3.05) is 39.6 Å². The maximum atomic E-state index is 13.1. The SMILES string of the molecule is CCCCCCCCCCCCC(=O)O[C@H](COC(=O)CCCCCCCCCCC)COP(=O)(O)OC[C@H](O)COP(=O)(O)OC[C@@H](COC(=O)CCCCCCCCCCCCCC(C)C)OC(=O)CCCCCCCCCCCCCCCCCCCCC(C)CC. The third-order valence-corrected chi connectivity index (χ3v) is 20.0. The van der Waals surface area contributed by atoms with Crippen LogP contribution in [0.4, 0.5) is 0 Å². The number of phosphoric acid groups is 2. The zero-order chi connectivity index (χ0) is 70.0. The van der Waals surface area contributed by atoms with Gasteiger partial charge in [-0.05, 0) is 37.5 Å². The van der Waals surface area contributed by atoms with Crippen LogP contribution in [0.2, 0.25) is 0 Å². The maximum absolute atomic E-state index is 13.1. The van der Waals surface area contributed by atoms with Crippen LogP contribution in [0.3, 0.4) is 0 Å². The highest BCUT2D eigenvalue weighted by Crippen LogP contribution is 2.45. The molecule has 19 heteroatoms. The van der Waals surface area contributed by atoms with Gasteiger partial charge in [-0.15, -0.1) is 0 Å². The van der Waals surface area contributed by atoms with Gasteiger partial charge in [-0.3, -0.25) is 37.3 Å². The Labute approximate surface area is 581 Å². The van der Waals surface area contributed by atoms with Gasteiger partial charge < -0.3 is 33.8 Å². The minimum Gasteiger partial charge on any atom is -0.462 e. The molecule has 0 amide bonds. The number of hydrogen-bond donors (Lipinski definition) is 3. The van der Waals surface area contributed by atoms with Crippen LogP contribution in [0.1, 0.15) is 395 Å². The van der Waals surface area contributed by atoms with Crippen molar-refractivity contribution >= 4 is 39.5 Å². The molecule has 0 aromatic carbocycles. The van der Waals surface area contributed by atoms with Gasteiger partial charge in [0, 0.05) is 25.7 Å². The van der Waals surface area contributed by atoms with Crippen LogP contribution in [-0.2, 0) is 65.4 Å². The molecule has 0 spiro atoms. The lowest BCUT2D eigenvalue weighted by molar-refractivity contribution is -0.161. The lowest BCUT2D eigenvalue weighted by Crippen LogP contribution is -2.30. The number of aliphatic hydroxyl groups is 1. The molecule has 0 aromatic rings. The van der Waals surface area contributed by atoms with Crippen LogP contribution in [0, 0.1) is 11.8 Å². The van der Waals surface area contributed by atoms with E-state index in [1.54, 1.807) is 0 Å². The van der Waals surface area contributed by atoms with E-state index in [4.69, 9.17) is 37.0 Å². The number of phosphoric ester groups is 2. The second-order valence-electron chi connectivity index (χ2n) is 28.1. The van der Waals surface area contributed by atoms with Gasteiger partial charge in [0.05, 0.1) is 26.4 Å². The van der Waals surface area contributed by atoms with Crippen LogP contribution in [0.5, 0.6) is 0 Å². The van der Waals surface area contributed by atoms with E-state index in [-0.39, 0.29) is 25.7 Å². The van der Waals surface area contributed by atoms with Gasteiger partial charge in [0.15, 0.2) is 12.2 Å². The Morgan fingerprint density at radius 2 is 0.537 bits per heavy atom. The van der Waals surface area contributed by atoms with Crippen molar-refractivity contribution < 1.29 is 80.2 Å². The normalized spacial score (nSPS) is 14.3. The van der Waals surface area contributed by atoms with Crippen LogP contribution in [0.25, 0.3) is 0 Å². The summed E-state index contributed by atoms with van der Waals surface area (Å²) < 4.78 is 68.4. The van der Waals surface area contributed by atoms with Gasteiger partial charge in [0.25, 0.3) is 0 Å². The topological polar surface area (TPSA) is 237 Å². The molecule has 17 nitrogen and oxygen atoms in total. The molecular formula is C76H148O17P2. The molecule has 0 saturated carbocycles. The first-order chi connectivity index (χ1) is 45.9. The lowest BCUT2D eigenvalue weighted by atomic mass is 9.99. The third kappa shape index (κ3) is 69.0. The number of hydrogen-bond acceptors (Lipinski definition) is 15. The fourth-order valence-electron chi connectivity index (χ4n) is 11.6. The molecule has 0 fully saturated rings. The molecule has 0 aliphatic rings. The van der Waals surface area contributed by atoms with E-state index < -0.39 is 97.5 Å². The molecule has 0 rings (SSSR count). The summed E-state index contributed by atoms with van der Waals surface area (Å²) in [5, 5.41) is 10.6. The highest BCUT2D eigenvalue weighted by Gasteiger charge is 2.30. The molecule has 564 valence electrons. The van der Waals surface area contributed by atoms with Gasteiger partial charge >= 0.3 is 39.5 Å². The van der Waals surface area contributed by atoms with Crippen LogP contribution >= 0.6 is 15.6 Å². The van der Waals surface area contributed by atoms with Gasteiger partial charge in [-0.2, -0.15) is 0 Å². The Hall–Kier alpha value is -1.94. The van der Waals surface area contributed by atoms with Gasteiger partial charge in [-0.1, -0.05) is 343 Å². The number of carbonyl (C=O) groups is 4. The molecule has 0 heterocycles. The standard InChI is InChI=1S/C76H148O17P2/c1-7-10-12-14-16-18-35-42-48-54-60-75(80)92-71(64-86-73(78)58-52-46-40-32-17-15-13-11-8-2)66-90-94(82,83)88-62-70(77)63-89-95(84,85)91-67-72(65-87-74(79)59-53-47-41-36-31-27-28-33-38-44-50-56-68(4)5)93-76(81)61-55-49-43-37-30-26-24-22-20-19-21-23-25-29-34-39-45-51-57-69(6)9-3/h68-72,77H,7-67H2,1-6H3,(H,82,83)(H,84,85)/t69?,70-,71+,72+/m0/s1. The highest BCUT2D eigenvalue weighted by molar-refractivity contribution is 7.47. The molecule has 0 saturated heterocycles. The second-order valence-corrected chi connectivity index (χ2v) is 31.0. The Balaban J connectivity index is 5.17. The van der Waals surface area contributed by atoms with E-state index in [9.17, 15) is 43.2 Å². The summed E-state index contributed by atoms with van der Waals surface area (Å²) >= 11 is 0. The average Bonchev–Trinajstić information content (AvgIpc) is 1.69. The molecule has 0 aromatic heterocycles. The number of aliphatic hydroxyl groups excluding tert-OH is 1. The molecule has 6 atom stereocenters. The van der Waals surface area contributed by atoms with E-state index in [1.807, 2.05) is 0 Å². The predicted octanol–water partition coefficient (Wildman–Crippen LogP) is 22.3. The first kappa shape index (κ1) is 93.1. The summed E-state index contributed by atoms with van der Waals surface area (Å²) in [5.41, 5.74) is 0. The largest absolute Gasteiger partial charge is 0.472 e. The van der Waals surface area contributed by atoms with Gasteiger partial charge in [-0.25, -0.2) is 9.13 Å². The van der Waals surface area contributed by atoms with Gasteiger partial charge in [0.1, 0.15) is 19.3 Å². The summed E-state index contributed by atoms with van der Waals surface area (Å²) in [5.74, 6) is -0.476.